The zero-order valence-electron chi connectivity index (χ0n) is 26.1. The fourth-order valence-electron chi connectivity index (χ4n) is 6.59. The molecule has 2 aromatic rings. The number of rotatable bonds is 8. The third kappa shape index (κ3) is 5.06. The number of fused-ring (bicyclic) bond motifs is 1. The number of hydrogen-bond donors (Lipinski definition) is 3. The van der Waals surface area contributed by atoms with Crippen molar-refractivity contribution in [3.8, 4) is 0 Å². The van der Waals surface area contributed by atoms with Crippen LogP contribution in [0.2, 0.25) is 0 Å². The molecule has 3 aliphatic rings. The van der Waals surface area contributed by atoms with Crippen molar-refractivity contribution in [3.05, 3.63) is 79.0 Å². The second kappa shape index (κ2) is 11.7. The van der Waals surface area contributed by atoms with Gasteiger partial charge in [-0.25, -0.2) is 4.99 Å². The Hall–Kier alpha value is -4.79. The number of aromatic nitrogens is 2. The van der Waals surface area contributed by atoms with E-state index in [2.05, 4.69) is 43.0 Å². The average Bonchev–Trinajstić information content (AvgIpc) is 3.73. The molecule has 0 radical (unpaired) electrons. The van der Waals surface area contributed by atoms with Crippen LogP contribution in [0.25, 0.3) is 24.8 Å². The Balaban J connectivity index is 1.66. The summed E-state index contributed by atoms with van der Waals surface area (Å²) in [7, 11) is 1.25. The summed E-state index contributed by atoms with van der Waals surface area (Å²) in [5, 5.41) is 11.1. The number of nitrogens with zero attached hydrogens (tertiary/aromatic N) is 2. The number of carboxylic acids is 1. The third-order valence-corrected chi connectivity index (χ3v) is 8.95. The molecule has 0 amide bonds. The number of allylic oxidation sites excluding steroid dienone is 3. The summed E-state index contributed by atoms with van der Waals surface area (Å²) >= 11 is 0. The Morgan fingerprint density at radius 1 is 1.09 bits per heavy atom. The molecule has 0 saturated heterocycles. The van der Waals surface area contributed by atoms with E-state index >= 15 is 0 Å². The van der Waals surface area contributed by atoms with Crippen LogP contribution in [-0.2, 0) is 25.5 Å². The normalized spacial score (nSPS) is 22.6. The summed E-state index contributed by atoms with van der Waals surface area (Å²) in [5.41, 5.74) is 10.0. The maximum Gasteiger partial charge on any atom is 0.321 e. The first-order valence-electron chi connectivity index (χ1n) is 14.8. The van der Waals surface area contributed by atoms with Crippen LogP contribution in [0.15, 0.2) is 44.7 Å². The molecule has 2 atom stereocenters. The molecule has 2 aliphatic heterocycles. The van der Waals surface area contributed by atoms with E-state index in [1.54, 1.807) is 0 Å². The van der Waals surface area contributed by atoms with E-state index in [1.807, 2.05) is 32.9 Å². The van der Waals surface area contributed by atoms with Gasteiger partial charge in [0.25, 0.3) is 0 Å². The van der Waals surface area contributed by atoms with Crippen molar-refractivity contribution in [2.45, 2.75) is 60.3 Å². The summed E-state index contributed by atoms with van der Waals surface area (Å²) in [6, 6.07) is 0. The molecule has 0 aromatic carbocycles. The van der Waals surface area contributed by atoms with Gasteiger partial charge >= 0.3 is 11.9 Å². The van der Waals surface area contributed by atoms with Crippen LogP contribution in [-0.4, -0.2) is 51.3 Å². The number of esters is 1. The van der Waals surface area contributed by atoms with Crippen molar-refractivity contribution in [2.75, 3.05) is 7.11 Å². The molecule has 9 heteroatoms. The van der Waals surface area contributed by atoms with Crippen LogP contribution in [0.3, 0.4) is 0 Å². The molecule has 0 bridgehead atoms. The minimum Gasteiger partial charge on any atom is -0.481 e. The van der Waals surface area contributed by atoms with Crippen molar-refractivity contribution in [3.63, 3.8) is 0 Å². The van der Waals surface area contributed by atoms with Crippen molar-refractivity contribution in [1.82, 2.24) is 9.97 Å². The number of ketones is 1. The van der Waals surface area contributed by atoms with Gasteiger partial charge in [-0.2, -0.15) is 0 Å². The van der Waals surface area contributed by atoms with Crippen molar-refractivity contribution in [2.24, 2.45) is 21.8 Å². The summed E-state index contributed by atoms with van der Waals surface area (Å²) in [6.07, 6.45) is 7.47. The Morgan fingerprint density at radius 2 is 1.82 bits per heavy atom. The number of Topliss-reactive ketones (excluding diaryl/α,β-unsaturated/α-hetero) is 1. The SMILES string of the molecule is C=Cc1c(C)c(=C)[nH]/c1=C\c1[nH]c(C=C2N=C3C(=C2C)C(=O)[C@H](C(=O)OC)/C3=C2/N=C(C)C[C@@H]2CCC(=O)O)c(CC)c1C. The van der Waals surface area contributed by atoms with Gasteiger partial charge in [0.15, 0.2) is 5.78 Å². The van der Waals surface area contributed by atoms with Crippen LogP contribution >= 0.6 is 0 Å². The minimum absolute atomic E-state index is 0.0435. The molecular formula is C35H38N4O5. The van der Waals surface area contributed by atoms with Gasteiger partial charge in [-0.1, -0.05) is 26.2 Å². The first kappa shape index (κ1) is 30.7. The molecule has 44 heavy (non-hydrogen) atoms. The second-order valence-electron chi connectivity index (χ2n) is 11.6. The first-order chi connectivity index (χ1) is 20.9. The molecular weight excluding hydrogens is 556 g/mol. The Labute approximate surface area is 256 Å². The molecule has 9 nitrogen and oxygen atoms in total. The number of aliphatic imine (C=N–C) groups is 2. The van der Waals surface area contributed by atoms with E-state index in [0.717, 1.165) is 56.5 Å². The van der Waals surface area contributed by atoms with Gasteiger partial charge in [-0.15, -0.1) is 0 Å². The fourth-order valence-corrected chi connectivity index (χ4v) is 6.59. The first-order valence-corrected chi connectivity index (χ1v) is 14.8. The number of H-pyrrole nitrogens is 2. The van der Waals surface area contributed by atoms with Gasteiger partial charge in [0.1, 0.15) is 5.92 Å². The van der Waals surface area contributed by atoms with E-state index in [-0.39, 0.29) is 18.1 Å². The van der Waals surface area contributed by atoms with Crippen LogP contribution < -0.4 is 10.7 Å². The molecule has 228 valence electrons. The maximum absolute atomic E-state index is 13.8. The van der Waals surface area contributed by atoms with E-state index < -0.39 is 17.9 Å². The van der Waals surface area contributed by atoms with Gasteiger partial charge in [-0.05, 0) is 81.4 Å². The van der Waals surface area contributed by atoms with Crippen molar-refractivity contribution in [1.29, 1.82) is 0 Å². The molecule has 3 N–H and O–H groups in total. The lowest BCUT2D eigenvalue weighted by molar-refractivity contribution is -0.146. The topological polar surface area (TPSA) is 137 Å². The Kier molecular flexibility index (Phi) is 8.16. The number of aromatic amines is 2. The lowest BCUT2D eigenvalue weighted by Gasteiger charge is -2.15. The van der Waals surface area contributed by atoms with Crippen molar-refractivity contribution >= 4 is 54.0 Å². The predicted octanol–water partition coefficient (Wildman–Crippen LogP) is 4.49. The molecule has 1 fully saturated rings. The summed E-state index contributed by atoms with van der Waals surface area (Å²) in [5.74, 6) is -3.36. The van der Waals surface area contributed by atoms with Crippen LogP contribution in [0.1, 0.15) is 73.7 Å². The standard InChI is InChI=1S/C35H38N4O5/c1-9-22-17(4)20(7)37-26(22)14-24-18(5)23(10-2)27(38-24)15-25-19(6)29-33(39-25)30(31(34(29)42)35(43)44-8)32-21(11-12-28(40)41)13-16(3)36-32/h9,14-15,21,31,37-38H,1,7,10-13H2,2-6,8H3,(H,40,41)/b25-15?,26-14-,32-30-/t21-,31+/m0/s1. The molecule has 1 aliphatic carbocycles. The third-order valence-electron chi connectivity index (χ3n) is 8.95. The highest BCUT2D eigenvalue weighted by Crippen LogP contribution is 2.45. The minimum atomic E-state index is -1.18. The lowest BCUT2D eigenvalue weighted by atomic mass is 9.89. The van der Waals surface area contributed by atoms with E-state index in [4.69, 9.17) is 14.7 Å². The van der Waals surface area contributed by atoms with Gasteiger partial charge in [0.2, 0.25) is 0 Å². The number of nitrogens with one attached hydrogen (secondary N) is 2. The zero-order valence-corrected chi connectivity index (χ0v) is 26.1. The summed E-state index contributed by atoms with van der Waals surface area (Å²) < 4.78 is 5.05. The second-order valence-corrected chi connectivity index (χ2v) is 11.6. The number of carbonyl (C=O) groups excluding carboxylic acids is 2. The van der Waals surface area contributed by atoms with E-state index in [0.29, 0.717) is 46.7 Å². The Bertz CT molecular complexity index is 1910. The number of methoxy groups -OCH3 is 1. The number of carboxylic acid groups (broad SMARTS) is 1. The number of hydrogen-bond acceptors (Lipinski definition) is 6. The highest BCUT2D eigenvalue weighted by atomic mass is 16.5. The number of aliphatic carboxylic acids is 1. The summed E-state index contributed by atoms with van der Waals surface area (Å²) in [4.78, 5) is 54.7. The van der Waals surface area contributed by atoms with Gasteiger partial charge < -0.3 is 19.8 Å². The zero-order chi connectivity index (χ0) is 32.0. The highest BCUT2D eigenvalue weighted by Gasteiger charge is 2.50. The van der Waals surface area contributed by atoms with Gasteiger partial charge in [0, 0.05) is 56.8 Å². The molecule has 4 heterocycles. The molecule has 2 aromatic heterocycles. The smallest absolute Gasteiger partial charge is 0.321 e. The van der Waals surface area contributed by atoms with E-state index in [9.17, 15) is 19.5 Å². The maximum atomic E-state index is 13.8. The number of ether oxygens (including phenoxy) is 1. The van der Waals surface area contributed by atoms with E-state index in [1.165, 1.54) is 7.11 Å². The predicted molar refractivity (Wildman–Crippen MR) is 173 cm³/mol. The van der Waals surface area contributed by atoms with Gasteiger partial charge in [-0.3, -0.25) is 19.4 Å². The molecule has 0 unspecified atom stereocenters. The average molecular weight is 595 g/mol. The van der Waals surface area contributed by atoms with Crippen LogP contribution in [0.5, 0.6) is 0 Å². The Morgan fingerprint density at radius 3 is 2.45 bits per heavy atom. The monoisotopic (exact) mass is 594 g/mol. The lowest BCUT2D eigenvalue weighted by Crippen LogP contribution is -2.24. The van der Waals surface area contributed by atoms with Crippen LogP contribution in [0.4, 0.5) is 0 Å². The largest absolute Gasteiger partial charge is 0.481 e. The van der Waals surface area contributed by atoms with Crippen LogP contribution in [0, 0.1) is 25.7 Å². The highest BCUT2D eigenvalue weighted by molar-refractivity contribution is 6.42. The molecule has 1 saturated carbocycles. The fraction of sp³-hybridized carbons (Fsp3) is 0.343. The number of carbonyl (C=O) groups is 3. The van der Waals surface area contributed by atoms with Gasteiger partial charge in [0.05, 0.1) is 24.2 Å². The molecule has 5 rings (SSSR count). The quantitative estimate of drug-likeness (QED) is 0.306. The molecule has 0 spiro atoms. The van der Waals surface area contributed by atoms with Crippen molar-refractivity contribution < 1.29 is 24.2 Å². The summed E-state index contributed by atoms with van der Waals surface area (Å²) in [6.45, 7) is 17.9.